The molecule has 1 aromatic carbocycles. The summed E-state index contributed by atoms with van der Waals surface area (Å²) in [4.78, 5) is 12.2. The number of methoxy groups -OCH3 is 2. The molecule has 0 saturated heterocycles. The number of rotatable bonds is 6. The molecule has 124 valence electrons. The first kappa shape index (κ1) is 17.9. The first-order valence-corrected chi connectivity index (χ1v) is 8.01. The summed E-state index contributed by atoms with van der Waals surface area (Å²) in [6.45, 7) is 0.223. The highest BCUT2D eigenvalue weighted by molar-refractivity contribution is 14.1. The Morgan fingerprint density at radius 2 is 2.12 bits per heavy atom. The van der Waals surface area contributed by atoms with Gasteiger partial charge in [-0.05, 0) is 46.9 Å². The van der Waals surface area contributed by atoms with Gasteiger partial charge in [0.05, 0.1) is 14.2 Å². The van der Waals surface area contributed by atoms with Gasteiger partial charge < -0.3 is 19.2 Å². The number of furan rings is 1. The van der Waals surface area contributed by atoms with Gasteiger partial charge in [-0.25, -0.2) is 0 Å². The molecule has 0 spiro atoms. The number of nitrogens with one attached hydrogen (secondary N) is 1. The zero-order valence-electron chi connectivity index (χ0n) is 13.1. The van der Waals surface area contributed by atoms with Crippen molar-refractivity contribution in [2.45, 2.75) is 6.54 Å². The maximum atomic E-state index is 12.2. The fourth-order valence-electron chi connectivity index (χ4n) is 1.97. The van der Waals surface area contributed by atoms with Gasteiger partial charge in [0.2, 0.25) is 0 Å². The molecule has 0 aliphatic heterocycles. The van der Waals surface area contributed by atoms with Crippen molar-refractivity contribution in [2.75, 3.05) is 14.2 Å². The van der Waals surface area contributed by atoms with Crippen LogP contribution in [-0.4, -0.2) is 20.1 Å². The third kappa shape index (κ3) is 4.52. The summed E-state index contributed by atoms with van der Waals surface area (Å²) in [6.07, 6.45) is 1.41. The molecular weight excluding hydrogens is 423 g/mol. The molecule has 7 heteroatoms. The van der Waals surface area contributed by atoms with E-state index < -0.39 is 5.91 Å². The fraction of sp³-hybridized carbons (Fsp3) is 0.176. The second-order valence-electron chi connectivity index (χ2n) is 4.67. The van der Waals surface area contributed by atoms with Gasteiger partial charge in [0.1, 0.15) is 28.9 Å². The molecule has 0 bridgehead atoms. The number of halogens is 1. The van der Waals surface area contributed by atoms with E-state index in [4.69, 9.17) is 19.2 Å². The smallest absolute Gasteiger partial charge is 0.262 e. The molecule has 0 aliphatic rings. The second kappa shape index (κ2) is 8.40. The molecule has 2 aromatic rings. The summed E-state index contributed by atoms with van der Waals surface area (Å²) in [5.41, 5.74) is 0.740. The molecule has 24 heavy (non-hydrogen) atoms. The maximum Gasteiger partial charge on any atom is 0.262 e. The van der Waals surface area contributed by atoms with Crippen molar-refractivity contribution in [1.29, 1.82) is 5.26 Å². The van der Waals surface area contributed by atoms with E-state index in [2.05, 4.69) is 5.32 Å². The van der Waals surface area contributed by atoms with Crippen molar-refractivity contribution in [1.82, 2.24) is 5.32 Å². The first-order chi connectivity index (χ1) is 11.6. The summed E-state index contributed by atoms with van der Waals surface area (Å²) in [5, 5.41) is 11.9. The zero-order valence-corrected chi connectivity index (χ0v) is 15.3. The van der Waals surface area contributed by atoms with E-state index in [1.165, 1.54) is 6.08 Å². The van der Waals surface area contributed by atoms with Crippen LogP contribution >= 0.6 is 22.6 Å². The number of benzene rings is 1. The Bertz CT molecular complexity index is 805. The minimum absolute atomic E-state index is 0.0340. The normalized spacial score (nSPS) is 10.8. The summed E-state index contributed by atoms with van der Waals surface area (Å²) in [6, 6.07) is 10.6. The van der Waals surface area contributed by atoms with Crippen LogP contribution < -0.4 is 14.8 Å². The highest BCUT2D eigenvalue weighted by Gasteiger charge is 2.12. The highest BCUT2D eigenvalue weighted by atomic mass is 127. The molecule has 0 saturated carbocycles. The van der Waals surface area contributed by atoms with Crippen molar-refractivity contribution >= 4 is 34.6 Å². The van der Waals surface area contributed by atoms with Gasteiger partial charge in [-0.1, -0.05) is 0 Å². The average molecular weight is 438 g/mol. The minimum atomic E-state index is -0.484. The Balaban J connectivity index is 2.09. The maximum absolute atomic E-state index is 12.2. The van der Waals surface area contributed by atoms with Crippen LogP contribution in [0.3, 0.4) is 0 Å². The van der Waals surface area contributed by atoms with Crippen LogP contribution in [0.1, 0.15) is 11.3 Å². The van der Waals surface area contributed by atoms with Crippen molar-refractivity contribution in [2.24, 2.45) is 0 Å². The standard InChI is InChI=1S/C17H15IN2O4/c1-22-13-4-3-11(15(8-13)23-2)10-20-17(21)12(9-19)7-14-5-6-16(18)24-14/h3-8H,10H2,1-2H3,(H,20,21)/b12-7+. The quantitative estimate of drug-likeness (QED) is 0.426. The van der Waals surface area contributed by atoms with E-state index >= 15 is 0 Å². The molecule has 6 nitrogen and oxygen atoms in total. The van der Waals surface area contributed by atoms with E-state index in [0.29, 0.717) is 21.0 Å². The predicted molar refractivity (Wildman–Crippen MR) is 96.4 cm³/mol. The predicted octanol–water partition coefficient (Wildman–Crippen LogP) is 3.12. The van der Waals surface area contributed by atoms with E-state index in [9.17, 15) is 4.79 Å². The Morgan fingerprint density at radius 1 is 1.33 bits per heavy atom. The lowest BCUT2D eigenvalue weighted by Crippen LogP contribution is -2.24. The Hall–Kier alpha value is -2.47. The highest BCUT2D eigenvalue weighted by Crippen LogP contribution is 2.24. The Morgan fingerprint density at radius 3 is 2.71 bits per heavy atom. The molecule has 1 aromatic heterocycles. The number of carbonyl (C=O) groups excluding carboxylic acids is 1. The van der Waals surface area contributed by atoms with Crippen LogP contribution in [0.2, 0.25) is 0 Å². The van der Waals surface area contributed by atoms with Crippen LogP contribution in [0, 0.1) is 15.1 Å². The first-order valence-electron chi connectivity index (χ1n) is 6.93. The summed E-state index contributed by atoms with van der Waals surface area (Å²) >= 11 is 2.01. The summed E-state index contributed by atoms with van der Waals surface area (Å²) in [7, 11) is 3.11. The monoisotopic (exact) mass is 438 g/mol. The lowest BCUT2D eigenvalue weighted by atomic mass is 10.1. The van der Waals surface area contributed by atoms with Crippen LogP contribution in [0.4, 0.5) is 0 Å². The van der Waals surface area contributed by atoms with Crippen molar-refractivity contribution in [3.63, 3.8) is 0 Å². The Kier molecular flexibility index (Phi) is 6.26. The third-order valence-corrected chi connectivity index (χ3v) is 3.76. The number of amides is 1. The fourth-order valence-corrected chi connectivity index (χ4v) is 2.40. The number of ether oxygens (including phenoxy) is 2. The van der Waals surface area contributed by atoms with Gasteiger partial charge in [-0.3, -0.25) is 4.79 Å². The molecule has 1 amide bonds. The molecule has 1 heterocycles. The molecule has 0 unspecified atom stereocenters. The molecule has 0 fully saturated rings. The Labute approximate surface area is 153 Å². The van der Waals surface area contributed by atoms with Crippen LogP contribution in [0.15, 0.2) is 40.3 Å². The summed E-state index contributed by atoms with van der Waals surface area (Å²) < 4.78 is 16.4. The lowest BCUT2D eigenvalue weighted by molar-refractivity contribution is -0.117. The lowest BCUT2D eigenvalue weighted by Gasteiger charge is -2.11. The number of hydrogen-bond donors (Lipinski definition) is 1. The number of hydrogen-bond acceptors (Lipinski definition) is 5. The van der Waals surface area contributed by atoms with E-state index in [-0.39, 0.29) is 12.1 Å². The van der Waals surface area contributed by atoms with Gasteiger partial charge in [0, 0.05) is 24.3 Å². The number of nitrogens with zero attached hydrogens (tertiary/aromatic N) is 1. The third-order valence-electron chi connectivity index (χ3n) is 3.18. The minimum Gasteiger partial charge on any atom is -0.497 e. The molecular formula is C17H15IN2O4. The van der Waals surface area contributed by atoms with Gasteiger partial charge in [0.15, 0.2) is 3.77 Å². The molecule has 1 N–H and O–H groups in total. The van der Waals surface area contributed by atoms with Gasteiger partial charge in [0.25, 0.3) is 5.91 Å². The molecule has 2 rings (SSSR count). The molecule has 0 atom stereocenters. The van der Waals surface area contributed by atoms with Gasteiger partial charge >= 0.3 is 0 Å². The zero-order chi connectivity index (χ0) is 17.5. The average Bonchev–Trinajstić information content (AvgIpc) is 3.02. The van der Waals surface area contributed by atoms with Crippen molar-refractivity contribution < 1.29 is 18.7 Å². The SMILES string of the molecule is COc1ccc(CNC(=O)/C(C#N)=C/c2ccc(I)o2)c(OC)c1. The molecule has 0 radical (unpaired) electrons. The second-order valence-corrected chi connectivity index (χ2v) is 5.74. The van der Waals surface area contributed by atoms with E-state index in [0.717, 1.165) is 5.56 Å². The largest absolute Gasteiger partial charge is 0.497 e. The van der Waals surface area contributed by atoms with E-state index in [1.54, 1.807) is 44.6 Å². The van der Waals surface area contributed by atoms with Crippen LogP contribution in [0.25, 0.3) is 6.08 Å². The van der Waals surface area contributed by atoms with Crippen LogP contribution in [0.5, 0.6) is 11.5 Å². The van der Waals surface area contributed by atoms with Crippen molar-refractivity contribution in [3.8, 4) is 17.6 Å². The topological polar surface area (TPSA) is 84.5 Å². The summed E-state index contributed by atoms with van der Waals surface area (Å²) in [5.74, 6) is 1.22. The van der Waals surface area contributed by atoms with Crippen molar-refractivity contribution in [3.05, 3.63) is 51.0 Å². The number of nitriles is 1. The van der Waals surface area contributed by atoms with Gasteiger partial charge in [-0.15, -0.1) is 0 Å². The van der Waals surface area contributed by atoms with Crippen LogP contribution in [-0.2, 0) is 11.3 Å². The number of carbonyl (C=O) groups is 1. The van der Waals surface area contributed by atoms with E-state index in [1.807, 2.05) is 28.7 Å². The van der Waals surface area contributed by atoms with Gasteiger partial charge in [-0.2, -0.15) is 5.26 Å². The molecule has 0 aliphatic carbocycles.